The van der Waals surface area contributed by atoms with Crippen LogP contribution in [-0.4, -0.2) is 16.7 Å². The Hall–Kier alpha value is -6.94. The molecule has 2 aliphatic rings. The van der Waals surface area contributed by atoms with E-state index in [4.69, 9.17) is 15.2 Å². The number of hydrogen-bond donors (Lipinski definition) is 1. The van der Waals surface area contributed by atoms with E-state index in [0.29, 0.717) is 47.3 Å². The molecule has 50 heavy (non-hydrogen) atoms. The van der Waals surface area contributed by atoms with Crippen molar-refractivity contribution in [3.05, 3.63) is 178 Å². The van der Waals surface area contributed by atoms with Crippen LogP contribution in [0, 0.1) is 10.1 Å². The number of hydrogen-bond acceptors (Lipinski definition) is 7. The molecule has 2 heterocycles. The highest BCUT2D eigenvalue weighted by Gasteiger charge is 2.33. The SMILES string of the molecule is Nc1cccc2c1Oc1ccccc1N(Cc1ccccc1)C2=O.O=C1c2cccc([N+](=O)[O-])c2Oc2ccccc2N1Cc1ccccc1. The molecule has 0 aliphatic carbocycles. The van der Waals surface area contributed by atoms with E-state index < -0.39 is 4.92 Å². The Kier molecular flexibility index (Phi) is 8.64. The number of nitro groups is 1. The Morgan fingerprint density at radius 3 is 1.50 bits per heavy atom. The number of rotatable bonds is 5. The summed E-state index contributed by atoms with van der Waals surface area (Å²) < 4.78 is 11.8. The Labute approximate surface area is 287 Å². The second-order valence-corrected chi connectivity index (χ2v) is 11.5. The van der Waals surface area contributed by atoms with Gasteiger partial charge in [0.15, 0.2) is 17.2 Å². The van der Waals surface area contributed by atoms with Gasteiger partial charge in [0.1, 0.15) is 0 Å². The van der Waals surface area contributed by atoms with Gasteiger partial charge >= 0.3 is 5.69 Å². The number of fused-ring (bicyclic) bond motifs is 4. The van der Waals surface area contributed by atoms with Crippen LogP contribution in [0.15, 0.2) is 146 Å². The molecule has 0 spiro atoms. The van der Waals surface area contributed by atoms with Gasteiger partial charge in [-0.15, -0.1) is 0 Å². The van der Waals surface area contributed by atoms with Crippen molar-refractivity contribution in [2.75, 3.05) is 15.5 Å². The average Bonchev–Trinajstić information content (AvgIpc) is 3.34. The number of carbonyl (C=O) groups excluding carboxylic acids is 2. The fourth-order valence-corrected chi connectivity index (χ4v) is 5.89. The first-order chi connectivity index (χ1) is 24.4. The summed E-state index contributed by atoms with van der Waals surface area (Å²) in [5.41, 5.74) is 10.2. The van der Waals surface area contributed by atoms with E-state index in [0.717, 1.165) is 16.8 Å². The summed E-state index contributed by atoms with van der Waals surface area (Å²) in [4.78, 5) is 40.5. The highest BCUT2D eigenvalue weighted by atomic mass is 16.6. The molecule has 0 radical (unpaired) electrons. The molecular weight excluding hydrogens is 632 g/mol. The predicted octanol–water partition coefficient (Wildman–Crippen LogP) is 8.77. The number of nitrogen functional groups attached to an aromatic ring is 1. The van der Waals surface area contributed by atoms with E-state index in [9.17, 15) is 19.7 Å². The largest absolute Gasteiger partial charge is 0.452 e. The maximum absolute atomic E-state index is 13.2. The summed E-state index contributed by atoms with van der Waals surface area (Å²) in [6.45, 7) is 0.802. The molecule has 6 aromatic rings. The first-order valence-corrected chi connectivity index (χ1v) is 15.8. The van der Waals surface area contributed by atoms with Crippen LogP contribution in [0.3, 0.4) is 0 Å². The topological polar surface area (TPSA) is 128 Å². The second-order valence-electron chi connectivity index (χ2n) is 11.5. The lowest BCUT2D eigenvalue weighted by Crippen LogP contribution is -2.29. The molecule has 0 saturated heterocycles. The minimum Gasteiger partial charge on any atom is -0.452 e. The normalized spacial score (nSPS) is 12.7. The van der Waals surface area contributed by atoms with Crippen molar-refractivity contribution in [3.8, 4) is 23.0 Å². The van der Waals surface area contributed by atoms with Crippen molar-refractivity contribution in [2.24, 2.45) is 0 Å². The molecule has 6 aromatic carbocycles. The van der Waals surface area contributed by atoms with E-state index in [1.807, 2.05) is 84.9 Å². The van der Waals surface area contributed by atoms with Gasteiger partial charge in [0.05, 0.1) is 46.2 Å². The van der Waals surface area contributed by atoms with Crippen molar-refractivity contribution in [3.63, 3.8) is 0 Å². The highest BCUT2D eigenvalue weighted by Crippen LogP contribution is 2.44. The maximum Gasteiger partial charge on any atom is 0.312 e. The van der Waals surface area contributed by atoms with Crippen LogP contribution >= 0.6 is 0 Å². The Bertz CT molecular complexity index is 2230. The Morgan fingerprint density at radius 2 is 0.980 bits per heavy atom. The van der Waals surface area contributed by atoms with Crippen LogP contribution in [-0.2, 0) is 13.1 Å². The molecule has 0 fully saturated rings. The number of amides is 2. The third-order valence-corrected chi connectivity index (χ3v) is 8.29. The number of ether oxygens (including phenoxy) is 2. The molecule has 0 aromatic heterocycles. The van der Waals surface area contributed by atoms with E-state index in [1.165, 1.54) is 12.1 Å². The standard InChI is InChI=1S/C20H14N2O4.C20H16N2O2/c23-20-15-9-6-11-17(22(24)25)19(15)26-18-12-5-4-10-16(18)21(20)13-14-7-2-1-3-8-14;21-16-10-6-9-15-19(16)24-18-12-5-4-11-17(18)22(20(15)23)13-14-7-2-1-3-8-14/h1-12H,13H2;1-12H,13,21H2. The fraction of sp³-hybridized carbons (Fsp3) is 0.0500. The number of para-hydroxylation sites is 6. The van der Waals surface area contributed by atoms with Gasteiger partial charge in [-0.1, -0.05) is 97.1 Å². The lowest BCUT2D eigenvalue weighted by atomic mass is 10.1. The molecular formula is C40H30N4O6. The summed E-state index contributed by atoms with van der Waals surface area (Å²) >= 11 is 0. The number of anilines is 3. The zero-order valence-electron chi connectivity index (χ0n) is 26.6. The molecule has 2 N–H and O–H groups in total. The molecule has 10 heteroatoms. The van der Waals surface area contributed by atoms with E-state index in [-0.39, 0.29) is 28.8 Å². The lowest BCUT2D eigenvalue weighted by molar-refractivity contribution is -0.385. The molecule has 246 valence electrons. The predicted molar refractivity (Wildman–Crippen MR) is 191 cm³/mol. The van der Waals surface area contributed by atoms with Gasteiger partial charge in [-0.2, -0.15) is 0 Å². The molecule has 2 amide bonds. The second kappa shape index (κ2) is 13.7. The monoisotopic (exact) mass is 662 g/mol. The van der Waals surface area contributed by atoms with Crippen molar-refractivity contribution in [1.29, 1.82) is 0 Å². The number of carbonyl (C=O) groups is 2. The number of benzene rings is 6. The lowest BCUT2D eigenvalue weighted by Gasteiger charge is -2.22. The molecule has 0 unspecified atom stereocenters. The van der Waals surface area contributed by atoms with Gasteiger partial charge in [-0.25, -0.2) is 0 Å². The highest BCUT2D eigenvalue weighted by molar-refractivity contribution is 6.11. The van der Waals surface area contributed by atoms with Gasteiger partial charge in [0, 0.05) is 6.07 Å². The first-order valence-electron chi connectivity index (χ1n) is 15.8. The van der Waals surface area contributed by atoms with Gasteiger partial charge in [-0.05, 0) is 53.6 Å². The van der Waals surface area contributed by atoms with E-state index in [2.05, 4.69) is 0 Å². The number of nitro benzene ring substituents is 1. The maximum atomic E-state index is 13.2. The van der Waals surface area contributed by atoms with Crippen LogP contribution < -0.4 is 25.0 Å². The van der Waals surface area contributed by atoms with Crippen molar-refractivity contribution >= 4 is 34.6 Å². The van der Waals surface area contributed by atoms with Gasteiger partial charge in [0.2, 0.25) is 5.75 Å². The molecule has 8 rings (SSSR count). The summed E-state index contributed by atoms with van der Waals surface area (Å²) in [5.74, 6) is 0.975. The zero-order chi connectivity index (χ0) is 34.6. The third-order valence-electron chi connectivity index (χ3n) is 8.29. The molecule has 0 atom stereocenters. The smallest absolute Gasteiger partial charge is 0.312 e. The quantitative estimate of drug-likeness (QED) is 0.111. The average molecular weight is 663 g/mol. The molecule has 10 nitrogen and oxygen atoms in total. The fourth-order valence-electron chi connectivity index (χ4n) is 5.89. The summed E-state index contributed by atoms with van der Waals surface area (Å²) in [6, 6.07) is 43.6. The molecule has 0 saturated carbocycles. The minimum absolute atomic E-state index is 0.0227. The Balaban J connectivity index is 0.000000157. The summed E-state index contributed by atoms with van der Waals surface area (Å²) in [5, 5.41) is 11.4. The first kappa shape index (κ1) is 31.6. The van der Waals surface area contributed by atoms with E-state index >= 15 is 0 Å². The Morgan fingerprint density at radius 1 is 0.540 bits per heavy atom. The van der Waals surface area contributed by atoms with Crippen molar-refractivity contribution in [1.82, 2.24) is 0 Å². The van der Waals surface area contributed by atoms with Crippen LogP contribution in [0.4, 0.5) is 22.7 Å². The summed E-state index contributed by atoms with van der Waals surface area (Å²) in [6.07, 6.45) is 0. The number of nitrogens with two attached hydrogens (primary N) is 1. The third kappa shape index (κ3) is 6.20. The molecule has 2 aliphatic heterocycles. The summed E-state index contributed by atoms with van der Waals surface area (Å²) in [7, 11) is 0. The van der Waals surface area contributed by atoms with Crippen LogP contribution in [0.1, 0.15) is 31.8 Å². The van der Waals surface area contributed by atoms with Crippen LogP contribution in [0.25, 0.3) is 0 Å². The number of nitrogens with zero attached hydrogens (tertiary/aromatic N) is 3. The molecule has 0 bridgehead atoms. The zero-order valence-corrected chi connectivity index (χ0v) is 26.6. The van der Waals surface area contributed by atoms with Gasteiger partial charge < -0.3 is 25.0 Å². The van der Waals surface area contributed by atoms with Crippen LogP contribution in [0.2, 0.25) is 0 Å². The van der Waals surface area contributed by atoms with Crippen molar-refractivity contribution < 1.29 is 24.0 Å². The van der Waals surface area contributed by atoms with E-state index in [1.54, 1.807) is 58.3 Å². The minimum atomic E-state index is -0.540. The van der Waals surface area contributed by atoms with Crippen molar-refractivity contribution in [2.45, 2.75) is 13.1 Å². The van der Waals surface area contributed by atoms with Gasteiger partial charge in [-0.3, -0.25) is 19.7 Å². The van der Waals surface area contributed by atoms with Crippen LogP contribution in [0.5, 0.6) is 23.0 Å². The van der Waals surface area contributed by atoms with Gasteiger partial charge in [0.25, 0.3) is 11.8 Å².